The van der Waals surface area contributed by atoms with Gasteiger partial charge in [0.05, 0.1) is 12.1 Å². The molecule has 1 saturated heterocycles. The first-order valence-corrected chi connectivity index (χ1v) is 6.82. The molecule has 1 aliphatic carbocycles. The van der Waals surface area contributed by atoms with E-state index in [1.54, 1.807) is 19.2 Å². The summed E-state index contributed by atoms with van der Waals surface area (Å²) in [7, 11) is 1.72. The summed E-state index contributed by atoms with van der Waals surface area (Å²) < 4.78 is 10.1. The molecule has 1 atom stereocenters. The average Bonchev–Trinajstić information content (AvgIpc) is 2.58. The van der Waals surface area contributed by atoms with Crippen LogP contribution in [0.15, 0.2) is 24.6 Å². The summed E-state index contributed by atoms with van der Waals surface area (Å²) in [5, 5.41) is 0. The molecule has 6 heteroatoms. The lowest BCUT2D eigenvalue weighted by Crippen LogP contribution is -2.41. The molecule has 1 fully saturated rings. The number of halogens is 1. The summed E-state index contributed by atoms with van der Waals surface area (Å²) in [6, 6.07) is 0. The van der Waals surface area contributed by atoms with Gasteiger partial charge >= 0.3 is 5.97 Å². The van der Waals surface area contributed by atoms with Gasteiger partial charge < -0.3 is 10.5 Å². The van der Waals surface area contributed by atoms with Crippen molar-refractivity contribution in [2.75, 3.05) is 7.05 Å². The van der Waals surface area contributed by atoms with Crippen molar-refractivity contribution in [2.45, 2.75) is 18.4 Å². The van der Waals surface area contributed by atoms with Crippen LogP contribution in [0.1, 0.15) is 12.8 Å². The molecule has 0 aromatic heterocycles. The maximum atomic E-state index is 11.9. The van der Waals surface area contributed by atoms with Gasteiger partial charge in [0.2, 0.25) is 5.78 Å². The Morgan fingerprint density at radius 2 is 2.31 bits per heavy atom. The summed E-state index contributed by atoms with van der Waals surface area (Å²) in [5.41, 5.74) is 4.69. The quantitative estimate of drug-likeness (QED) is 0.576. The predicted molar refractivity (Wildman–Crippen MR) is 65.8 cm³/mol. The number of carbonyl (C=O) groups excluding carboxylic acids is 2. The van der Waals surface area contributed by atoms with E-state index in [0.29, 0.717) is 6.42 Å². The Hall–Kier alpha value is -1.05. The third-order valence-electron chi connectivity index (χ3n) is 2.49. The molecule has 0 unspecified atom stereocenters. The van der Waals surface area contributed by atoms with Crippen molar-refractivity contribution in [3.05, 3.63) is 21.4 Å². The molecule has 1 spiro atoms. The van der Waals surface area contributed by atoms with Gasteiger partial charge in [-0.2, -0.15) is 0 Å². The van der Waals surface area contributed by atoms with Crippen LogP contribution in [0.25, 0.3) is 0 Å². The fourth-order valence-corrected chi connectivity index (χ4v) is 3.46. The van der Waals surface area contributed by atoms with Gasteiger partial charge in [-0.05, 0) is 12.2 Å². The van der Waals surface area contributed by atoms with Crippen molar-refractivity contribution in [1.82, 2.24) is 0 Å². The Balaban J connectivity index is 2.43. The molecule has 1 heterocycles. The molecule has 0 aromatic rings. The lowest BCUT2D eigenvalue weighted by atomic mass is 9.89. The van der Waals surface area contributed by atoms with Crippen LogP contribution in [-0.4, -0.2) is 24.4 Å². The Bertz CT molecular complexity index is 453. The Morgan fingerprint density at radius 1 is 1.56 bits per heavy atom. The number of esters is 1. The largest absolute Gasteiger partial charge is 0.446 e. The first-order valence-electron chi connectivity index (χ1n) is 4.77. The highest BCUT2D eigenvalue weighted by Crippen LogP contribution is 2.37. The van der Waals surface area contributed by atoms with Gasteiger partial charge in [0.1, 0.15) is 0 Å². The lowest BCUT2D eigenvalue weighted by Gasteiger charge is -2.25. The number of nitrogens with two attached hydrogens (primary N) is 1. The first kappa shape index (κ1) is 11.4. The van der Waals surface area contributed by atoms with Crippen LogP contribution >= 0.6 is 21.0 Å². The molecule has 2 aliphatic rings. The van der Waals surface area contributed by atoms with E-state index in [2.05, 4.69) is 3.15 Å². The summed E-state index contributed by atoms with van der Waals surface area (Å²) in [5.74, 6) is -0.646. The van der Waals surface area contributed by atoms with Crippen LogP contribution in [-0.2, 0) is 14.3 Å². The second-order valence-corrected chi connectivity index (χ2v) is 6.27. The average molecular weight is 334 g/mol. The lowest BCUT2D eigenvalue weighted by molar-refractivity contribution is -0.151. The predicted octanol–water partition coefficient (Wildman–Crippen LogP) is 1.16. The topological polar surface area (TPSA) is 81.8 Å². The third kappa shape index (κ3) is 1.81. The van der Waals surface area contributed by atoms with Crippen LogP contribution < -0.4 is 5.73 Å². The number of carbonyl (C=O) groups is 2. The van der Waals surface area contributed by atoms with Gasteiger partial charge in [-0.3, -0.25) is 12.7 Å². The van der Waals surface area contributed by atoms with E-state index in [9.17, 15) is 9.59 Å². The minimum atomic E-state index is -1.13. The molecule has 0 radical (unpaired) electrons. The fraction of sp³-hybridized carbons (Fsp3) is 0.400. The summed E-state index contributed by atoms with van der Waals surface area (Å²) >= 11 is -0.512. The van der Waals surface area contributed by atoms with Crippen molar-refractivity contribution >= 4 is 32.8 Å². The van der Waals surface area contributed by atoms with Crippen LogP contribution in [0, 0.1) is 0 Å². The molecule has 0 bridgehead atoms. The zero-order chi connectivity index (χ0) is 11.8. The molecule has 0 saturated carbocycles. The summed E-state index contributed by atoms with van der Waals surface area (Å²) in [6.45, 7) is 0. The molecule has 5 nitrogen and oxygen atoms in total. The van der Waals surface area contributed by atoms with E-state index < -0.39 is 26.6 Å². The number of hydrogen-bond acceptors (Lipinski definition) is 5. The highest BCUT2D eigenvalue weighted by molar-refractivity contribution is 14.2. The SMILES string of the molecule is CN=IC1=C[C@@]2(CCC(=O)O2)C(=O)C(N)=C1. The second kappa shape index (κ2) is 4.08. The van der Waals surface area contributed by atoms with E-state index >= 15 is 0 Å². The normalized spacial score (nSPS) is 30.1. The molecule has 0 aromatic carbocycles. The smallest absolute Gasteiger partial charge is 0.307 e. The summed E-state index contributed by atoms with van der Waals surface area (Å²) in [6.07, 6.45) is 4.01. The van der Waals surface area contributed by atoms with Gasteiger partial charge in [-0.15, -0.1) is 0 Å². The van der Waals surface area contributed by atoms with Gasteiger partial charge in [-0.1, -0.05) is 0 Å². The second-order valence-electron chi connectivity index (χ2n) is 3.58. The van der Waals surface area contributed by atoms with Crippen LogP contribution in [0.4, 0.5) is 0 Å². The summed E-state index contributed by atoms with van der Waals surface area (Å²) in [4.78, 5) is 23.1. The number of ketones is 1. The molecular formula is C10H11IN2O3. The Kier molecular flexibility index (Phi) is 2.92. The van der Waals surface area contributed by atoms with Crippen LogP contribution in [0.5, 0.6) is 0 Å². The zero-order valence-corrected chi connectivity index (χ0v) is 10.9. The van der Waals surface area contributed by atoms with E-state index in [1.807, 2.05) is 0 Å². The fourth-order valence-electron chi connectivity index (χ4n) is 1.79. The van der Waals surface area contributed by atoms with Crippen molar-refractivity contribution in [3.63, 3.8) is 0 Å². The standard InChI is InChI=1S/C10H11IN2O3/c1-13-11-6-4-7(12)9(15)10(5-6)3-2-8(14)16-10/h4-5H,2-3,12H2,1H3/t10-/m0/s1. The minimum absolute atomic E-state index is 0.163. The number of allylic oxidation sites excluding steroid dienone is 2. The molecular weight excluding hydrogens is 323 g/mol. The van der Waals surface area contributed by atoms with E-state index in [-0.39, 0.29) is 23.9 Å². The highest BCUT2D eigenvalue weighted by Gasteiger charge is 2.47. The minimum Gasteiger partial charge on any atom is -0.446 e. The van der Waals surface area contributed by atoms with Gasteiger partial charge in [-0.25, -0.2) is 0 Å². The maximum absolute atomic E-state index is 11.9. The number of Topliss-reactive ketones (excluding diaryl/α,β-unsaturated/α-hetero) is 1. The first-order chi connectivity index (χ1) is 7.57. The van der Waals surface area contributed by atoms with Crippen molar-refractivity contribution in [1.29, 1.82) is 0 Å². The maximum Gasteiger partial charge on any atom is 0.307 e. The Morgan fingerprint density at radius 3 is 2.88 bits per heavy atom. The molecule has 2 rings (SSSR count). The van der Waals surface area contributed by atoms with Gasteiger partial charge in [0, 0.05) is 38.1 Å². The molecule has 1 aliphatic heterocycles. The number of nitrogens with zero attached hydrogens (tertiary/aromatic N) is 1. The van der Waals surface area contributed by atoms with Gasteiger partial charge in [0.15, 0.2) is 5.60 Å². The molecule has 86 valence electrons. The molecule has 2 N–H and O–H groups in total. The van der Waals surface area contributed by atoms with Crippen LogP contribution in [0.3, 0.4) is 0 Å². The van der Waals surface area contributed by atoms with Crippen molar-refractivity contribution in [3.8, 4) is 0 Å². The monoisotopic (exact) mass is 334 g/mol. The van der Waals surface area contributed by atoms with Crippen molar-refractivity contribution < 1.29 is 14.3 Å². The van der Waals surface area contributed by atoms with E-state index in [1.165, 1.54) is 0 Å². The molecule has 0 amide bonds. The van der Waals surface area contributed by atoms with Crippen molar-refractivity contribution in [2.24, 2.45) is 8.88 Å². The third-order valence-corrected chi connectivity index (χ3v) is 4.15. The van der Waals surface area contributed by atoms with Gasteiger partial charge in [0.25, 0.3) is 0 Å². The Labute approximate surface area is 103 Å². The number of ether oxygens (including phenoxy) is 1. The zero-order valence-electron chi connectivity index (χ0n) is 8.70. The number of rotatable bonds is 1. The van der Waals surface area contributed by atoms with E-state index in [0.717, 1.165) is 3.58 Å². The van der Waals surface area contributed by atoms with E-state index in [4.69, 9.17) is 10.5 Å². The number of hydrogen-bond donors (Lipinski definition) is 1. The highest BCUT2D eigenvalue weighted by atomic mass is 127. The molecule has 16 heavy (non-hydrogen) atoms. The van der Waals surface area contributed by atoms with Crippen LogP contribution in [0.2, 0.25) is 0 Å².